The van der Waals surface area contributed by atoms with Gasteiger partial charge in [-0.3, -0.25) is 4.79 Å². The fourth-order valence-corrected chi connectivity index (χ4v) is 2.68. The number of carbonyl (C=O) groups is 2. The highest BCUT2D eigenvalue weighted by Gasteiger charge is 2.30. The van der Waals surface area contributed by atoms with Crippen molar-refractivity contribution in [3.8, 4) is 5.75 Å². The number of rotatable bonds is 5. The van der Waals surface area contributed by atoms with Gasteiger partial charge in [-0.25, -0.2) is 9.18 Å². The summed E-state index contributed by atoms with van der Waals surface area (Å²) in [5.74, 6) is 0.354. The van der Waals surface area contributed by atoms with Crippen molar-refractivity contribution in [2.75, 3.05) is 18.5 Å². The maximum Gasteiger partial charge on any atom is 0.320 e. The summed E-state index contributed by atoms with van der Waals surface area (Å²) in [5.41, 5.74) is 0.261. The molecule has 3 amide bonds. The van der Waals surface area contributed by atoms with Crippen LogP contribution in [0.25, 0.3) is 0 Å². The molecule has 1 saturated carbocycles. The highest BCUT2D eigenvalue weighted by atomic mass is 19.1. The average Bonchev–Trinajstić information content (AvgIpc) is 3.35. The summed E-state index contributed by atoms with van der Waals surface area (Å²) in [5, 5.41) is 7.97. The number of hydrogen-bond acceptors (Lipinski definition) is 3. The molecule has 2 fully saturated rings. The summed E-state index contributed by atoms with van der Waals surface area (Å²) in [4.78, 5) is 24.1. The molecule has 130 valence electrons. The average molecular weight is 335 g/mol. The smallest absolute Gasteiger partial charge is 0.320 e. The predicted molar refractivity (Wildman–Crippen MR) is 87.4 cm³/mol. The maximum absolute atomic E-state index is 13.5. The van der Waals surface area contributed by atoms with Crippen molar-refractivity contribution >= 4 is 17.6 Å². The van der Waals surface area contributed by atoms with Crippen molar-refractivity contribution in [1.29, 1.82) is 0 Å². The van der Waals surface area contributed by atoms with Gasteiger partial charge in [0.15, 0.2) is 0 Å². The highest BCUT2D eigenvalue weighted by Crippen LogP contribution is 2.32. The molecule has 24 heavy (non-hydrogen) atoms. The van der Waals surface area contributed by atoms with Crippen LogP contribution in [0.2, 0.25) is 0 Å². The summed E-state index contributed by atoms with van der Waals surface area (Å²) >= 11 is 0. The normalized spacial score (nSPS) is 23.3. The third-order valence-corrected chi connectivity index (χ3v) is 4.40. The Kier molecular flexibility index (Phi) is 4.87. The molecule has 0 radical (unpaired) electrons. The molecule has 6 nitrogen and oxygen atoms in total. The summed E-state index contributed by atoms with van der Waals surface area (Å²) in [7, 11) is 0. The number of halogens is 1. The summed E-state index contributed by atoms with van der Waals surface area (Å²) in [6.07, 6.45) is 3.07. The number of urea groups is 1. The van der Waals surface area contributed by atoms with Crippen LogP contribution in [0.4, 0.5) is 14.9 Å². The summed E-state index contributed by atoms with van der Waals surface area (Å²) in [6, 6.07) is 2.87. The standard InChI is InChI=1S/C17H22FN3O3/c1-10-6-7-19-16(22)15(10)21-17(23)20-13-8-12(18)4-5-14(13)24-9-11-2-3-11/h4-5,8,10-11,15H,2-3,6-7,9H2,1H3,(H,19,22)(H2,20,21,23)/t10-,15-/m0/s1. The molecule has 7 heteroatoms. The Labute approximate surface area is 140 Å². The van der Waals surface area contributed by atoms with Crippen molar-refractivity contribution in [2.24, 2.45) is 11.8 Å². The van der Waals surface area contributed by atoms with Crippen molar-refractivity contribution < 1.29 is 18.7 Å². The first-order valence-corrected chi connectivity index (χ1v) is 8.30. The molecule has 2 aliphatic rings. The number of ether oxygens (including phenoxy) is 1. The van der Waals surface area contributed by atoms with Crippen LogP contribution in [-0.2, 0) is 4.79 Å². The lowest BCUT2D eigenvalue weighted by Gasteiger charge is -2.29. The van der Waals surface area contributed by atoms with Gasteiger partial charge in [-0.2, -0.15) is 0 Å². The highest BCUT2D eigenvalue weighted by molar-refractivity contribution is 5.95. The first-order chi connectivity index (χ1) is 11.5. The van der Waals surface area contributed by atoms with Crippen LogP contribution in [-0.4, -0.2) is 31.1 Å². The monoisotopic (exact) mass is 335 g/mol. The fraction of sp³-hybridized carbons (Fsp3) is 0.529. The zero-order chi connectivity index (χ0) is 17.1. The maximum atomic E-state index is 13.5. The molecule has 1 aliphatic heterocycles. The lowest BCUT2D eigenvalue weighted by atomic mass is 9.94. The Morgan fingerprint density at radius 1 is 1.38 bits per heavy atom. The molecule has 0 aromatic heterocycles. The van der Waals surface area contributed by atoms with Gasteiger partial charge in [-0.1, -0.05) is 6.92 Å². The fourth-order valence-electron chi connectivity index (χ4n) is 2.68. The molecule has 0 unspecified atom stereocenters. The van der Waals surface area contributed by atoms with Crippen LogP contribution < -0.4 is 20.7 Å². The van der Waals surface area contributed by atoms with Gasteiger partial charge in [-0.15, -0.1) is 0 Å². The van der Waals surface area contributed by atoms with E-state index < -0.39 is 17.9 Å². The predicted octanol–water partition coefficient (Wildman–Crippen LogP) is 2.26. The van der Waals surface area contributed by atoms with E-state index >= 15 is 0 Å². The van der Waals surface area contributed by atoms with Gasteiger partial charge in [0.05, 0.1) is 12.3 Å². The van der Waals surface area contributed by atoms with Gasteiger partial charge in [0.1, 0.15) is 17.6 Å². The first-order valence-electron chi connectivity index (χ1n) is 8.30. The van der Waals surface area contributed by atoms with E-state index in [-0.39, 0.29) is 17.5 Å². The van der Waals surface area contributed by atoms with Crippen molar-refractivity contribution in [1.82, 2.24) is 10.6 Å². The lowest BCUT2D eigenvalue weighted by Crippen LogP contribution is -2.55. The first kappa shape index (κ1) is 16.5. The number of benzene rings is 1. The second-order valence-corrected chi connectivity index (χ2v) is 6.53. The molecule has 1 saturated heterocycles. The van der Waals surface area contributed by atoms with E-state index in [1.54, 1.807) is 0 Å². The number of anilines is 1. The minimum atomic E-state index is -0.594. The summed E-state index contributed by atoms with van der Waals surface area (Å²) in [6.45, 7) is 3.09. The van der Waals surface area contributed by atoms with Gasteiger partial charge < -0.3 is 20.7 Å². The minimum absolute atomic E-state index is 0.0441. The number of piperidine rings is 1. The second kappa shape index (κ2) is 7.07. The van der Waals surface area contributed by atoms with Crippen LogP contribution in [0.15, 0.2) is 18.2 Å². The SMILES string of the molecule is C[C@H]1CCNC(=O)[C@H]1NC(=O)Nc1cc(F)ccc1OCC1CC1. The molecule has 3 rings (SSSR count). The van der Waals surface area contributed by atoms with E-state index in [1.165, 1.54) is 18.2 Å². The van der Waals surface area contributed by atoms with Crippen LogP contribution in [0.5, 0.6) is 5.75 Å². The lowest BCUT2D eigenvalue weighted by molar-refractivity contribution is -0.125. The van der Waals surface area contributed by atoms with Crippen LogP contribution >= 0.6 is 0 Å². The Balaban J connectivity index is 1.64. The molecule has 1 aliphatic carbocycles. The molecular weight excluding hydrogens is 313 g/mol. The van der Waals surface area contributed by atoms with Crippen LogP contribution in [0.3, 0.4) is 0 Å². The van der Waals surface area contributed by atoms with Crippen LogP contribution in [0.1, 0.15) is 26.2 Å². The third kappa shape index (κ3) is 4.15. The van der Waals surface area contributed by atoms with Crippen molar-refractivity contribution in [3.05, 3.63) is 24.0 Å². The Hall–Kier alpha value is -2.31. The Bertz CT molecular complexity index is 634. The van der Waals surface area contributed by atoms with E-state index in [0.717, 1.165) is 19.3 Å². The molecule has 3 N–H and O–H groups in total. The second-order valence-electron chi connectivity index (χ2n) is 6.53. The van der Waals surface area contributed by atoms with Crippen LogP contribution in [0, 0.1) is 17.7 Å². The number of nitrogens with one attached hydrogen (secondary N) is 3. The van der Waals surface area contributed by atoms with E-state index in [0.29, 0.717) is 24.8 Å². The number of carbonyl (C=O) groups excluding carboxylic acids is 2. The largest absolute Gasteiger partial charge is 0.491 e. The number of amides is 3. The molecule has 0 spiro atoms. The van der Waals surface area contributed by atoms with E-state index in [2.05, 4.69) is 16.0 Å². The van der Waals surface area contributed by atoms with Gasteiger partial charge in [0.2, 0.25) is 5.91 Å². The van der Waals surface area contributed by atoms with Gasteiger partial charge in [-0.05, 0) is 43.2 Å². The van der Waals surface area contributed by atoms with Crippen molar-refractivity contribution in [3.63, 3.8) is 0 Å². The van der Waals surface area contributed by atoms with E-state index in [4.69, 9.17) is 4.74 Å². The van der Waals surface area contributed by atoms with Gasteiger partial charge in [0.25, 0.3) is 0 Å². The molecule has 1 aromatic rings. The Morgan fingerprint density at radius 3 is 2.88 bits per heavy atom. The zero-order valence-corrected chi connectivity index (χ0v) is 13.6. The zero-order valence-electron chi connectivity index (χ0n) is 13.6. The molecule has 1 aromatic carbocycles. The Morgan fingerprint density at radius 2 is 2.17 bits per heavy atom. The van der Waals surface area contributed by atoms with E-state index in [9.17, 15) is 14.0 Å². The number of hydrogen-bond donors (Lipinski definition) is 3. The molecule has 0 bridgehead atoms. The molecule has 2 atom stereocenters. The van der Waals surface area contributed by atoms with Gasteiger partial charge in [0, 0.05) is 12.6 Å². The topological polar surface area (TPSA) is 79.5 Å². The van der Waals surface area contributed by atoms with Crippen molar-refractivity contribution in [2.45, 2.75) is 32.2 Å². The summed E-state index contributed by atoms with van der Waals surface area (Å²) < 4.78 is 19.2. The molecule has 1 heterocycles. The molecular formula is C17H22FN3O3. The van der Waals surface area contributed by atoms with E-state index in [1.807, 2.05) is 6.92 Å². The van der Waals surface area contributed by atoms with Gasteiger partial charge >= 0.3 is 6.03 Å². The minimum Gasteiger partial charge on any atom is -0.491 e. The third-order valence-electron chi connectivity index (χ3n) is 4.40. The quantitative estimate of drug-likeness (QED) is 0.772.